The predicted molar refractivity (Wildman–Crippen MR) is 105 cm³/mol. The molecule has 0 fully saturated rings. The van der Waals surface area contributed by atoms with Crippen LogP contribution < -0.4 is 0 Å². The number of halogens is 1. The molecule has 2 heteroatoms. The molecule has 0 aliphatic rings. The normalized spacial score (nSPS) is 13.1. The van der Waals surface area contributed by atoms with Crippen LogP contribution in [0, 0.1) is 0 Å². The van der Waals surface area contributed by atoms with E-state index in [1.165, 1.54) is 60.8 Å². The minimum atomic E-state index is -0.328. The average molecular weight is 333 g/mol. The largest absolute Gasteiger partial charge is 0.504 e. The number of hydrogen-bond donors (Lipinski definition) is 0. The van der Waals surface area contributed by atoms with Crippen molar-refractivity contribution < 1.29 is 0 Å². The van der Waals surface area contributed by atoms with E-state index in [2.05, 4.69) is 58.9 Å². The van der Waals surface area contributed by atoms with Crippen LogP contribution in [0.2, 0.25) is 4.55 Å². The van der Waals surface area contributed by atoms with Crippen LogP contribution in [-0.2, 0) is 0 Å². The summed E-state index contributed by atoms with van der Waals surface area (Å²) in [4.78, 5) is 0. The average Bonchev–Trinajstić information content (AvgIpc) is 2.44. The van der Waals surface area contributed by atoms with E-state index in [0.29, 0.717) is 0 Å². The van der Waals surface area contributed by atoms with Crippen molar-refractivity contribution in [1.29, 1.82) is 0 Å². The second-order valence-corrected chi connectivity index (χ2v) is 8.62. The van der Waals surface area contributed by atoms with Gasteiger partial charge in [-0.15, -0.1) is 10.6 Å². The second kappa shape index (κ2) is 14.6. The first-order chi connectivity index (χ1) is 10.5. The molecule has 0 unspecified atom stereocenters. The van der Waals surface area contributed by atoms with Crippen molar-refractivity contribution in [2.24, 2.45) is 0 Å². The fraction of sp³-hybridized carbons (Fsp3) is 0.600. The summed E-state index contributed by atoms with van der Waals surface area (Å²) in [5.74, 6) is 0. The molecule has 0 aliphatic carbocycles. The summed E-state index contributed by atoms with van der Waals surface area (Å²) in [7, 11) is 5.83. The van der Waals surface area contributed by atoms with Crippen molar-refractivity contribution in [1.82, 2.24) is 0 Å². The Balaban J connectivity index is 3.94. The van der Waals surface area contributed by atoms with Gasteiger partial charge in [-0.2, -0.15) is 0 Å². The van der Waals surface area contributed by atoms with Crippen LogP contribution in [0.25, 0.3) is 0 Å². The van der Waals surface area contributed by atoms with Gasteiger partial charge in [-0.05, 0) is 73.1 Å². The fourth-order valence-electron chi connectivity index (χ4n) is 2.29. The molecule has 0 rings (SSSR count). The third-order valence-electron chi connectivity index (χ3n) is 3.76. The first-order valence-electron chi connectivity index (χ1n) is 8.62. The zero-order valence-electron chi connectivity index (χ0n) is 15.3. The second-order valence-electron chi connectivity index (χ2n) is 6.53. The maximum atomic E-state index is 5.83. The Hall–Kier alpha value is 0.0162. The molecular formula is C20H33ClMg. The third-order valence-corrected chi connectivity index (χ3v) is 4.92. The molecule has 0 spiro atoms. The van der Waals surface area contributed by atoms with Crippen LogP contribution in [0.5, 0.6) is 0 Å². The van der Waals surface area contributed by atoms with Crippen LogP contribution in [-0.4, -0.2) is 19.3 Å². The molecule has 0 aromatic carbocycles. The summed E-state index contributed by atoms with van der Waals surface area (Å²) in [6, 6.07) is 0. The van der Waals surface area contributed by atoms with Gasteiger partial charge in [0, 0.05) is 0 Å². The molecule has 0 aromatic heterocycles. The quantitative estimate of drug-likeness (QED) is 0.273. The third kappa shape index (κ3) is 14.9. The maximum absolute atomic E-state index is 5.83. The monoisotopic (exact) mass is 332 g/mol. The van der Waals surface area contributed by atoms with Gasteiger partial charge in [0.15, 0.2) is 0 Å². The van der Waals surface area contributed by atoms with Crippen molar-refractivity contribution >= 4 is 28.3 Å². The van der Waals surface area contributed by atoms with E-state index < -0.39 is 0 Å². The van der Waals surface area contributed by atoms with Gasteiger partial charge in [-0.25, -0.2) is 0 Å². The molecule has 0 atom stereocenters. The Kier molecular flexibility index (Phi) is 14.6. The van der Waals surface area contributed by atoms with Crippen LogP contribution in [0.4, 0.5) is 0 Å². The fourth-order valence-corrected chi connectivity index (χ4v) is 3.22. The van der Waals surface area contributed by atoms with Crippen LogP contribution in [0.15, 0.2) is 46.6 Å². The molecule has 0 N–H and O–H groups in total. The molecule has 0 saturated carbocycles. The SMILES string of the molecule is CC(C)=CCC/C(C)=C/CC/C(C)=C/CC/C(C)=C/[CH2][Mg][Cl]. The minimum absolute atomic E-state index is 0.328. The van der Waals surface area contributed by atoms with E-state index >= 15 is 0 Å². The van der Waals surface area contributed by atoms with E-state index in [9.17, 15) is 0 Å². The van der Waals surface area contributed by atoms with Gasteiger partial charge in [0.25, 0.3) is 0 Å². The van der Waals surface area contributed by atoms with E-state index in [4.69, 9.17) is 9.07 Å². The molecule has 0 amide bonds. The molecule has 0 aromatic rings. The number of allylic oxidation sites excluding steroid dienone is 8. The zero-order chi connectivity index (χ0) is 16.8. The highest BCUT2D eigenvalue weighted by Gasteiger charge is 1.94. The highest BCUT2D eigenvalue weighted by atomic mass is 35.5. The lowest BCUT2D eigenvalue weighted by Crippen LogP contribution is -1.82. The van der Waals surface area contributed by atoms with E-state index in [-0.39, 0.29) is 19.3 Å². The van der Waals surface area contributed by atoms with Gasteiger partial charge in [-0.3, -0.25) is 0 Å². The first-order valence-corrected chi connectivity index (χ1v) is 11.8. The van der Waals surface area contributed by atoms with Gasteiger partial charge in [0.05, 0.1) is 0 Å². The molecule has 122 valence electrons. The predicted octanol–water partition coefficient (Wildman–Crippen LogP) is 7.41. The van der Waals surface area contributed by atoms with Crippen molar-refractivity contribution in [3.8, 4) is 0 Å². The molecule has 0 saturated heterocycles. The summed E-state index contributed by atoms with van der Waals surface area (Å²) in [5.41, 5.74) is 5.96. The Morgan fingerprint density at radius 1 is 0.682 bits per heavy atom. The summed E-state index contributed by atoms with van der Waals surface area (Å²) in [5, 5.41) is 0. The highest BCUT2D eigenvalue weighted by molar-refractivity contribution is 6.93. The summed E-state index contributed by atoms with van der Waals surface area (Å²) < 4.78 is 1.13. The summed E-state index contributed by atoms with van der Waals surface area (Å²) in [6.07, 6.45) is 16.5. The first kappa shape index (κ1) is 22.0. The van der Waals surface area contributed by atoms with Crippen molar-refractivity contribution in [3.63, 3.8) is 0 Å². The topological polar surface area (TPSA) is 0 Å². The van der Waals surface area contributed by atoms with E-state index in [0.717, 1.165) is 4.55 Å². The Morgan fingerprint density at radius 2 is 1.09 bits per heavy atom. The molecule has 0 bridgehead atoms. The standard InChI is InChI=1S/C20H33.ClH.Mg/c1-7-18(4)12-9-14-20(6)16-10-15-19(5)13-8-11-17(2)3;;/h7,11,14-15H,1,8-10,12-13,16H2,2-6H3;1H;/q;;+1/p-1/b18-7+,19-15+,20-14+;;. The minimum Gasteiger partial charge on any atom is -0.346 e. The van der Waals surface area contributed by atoms with E-state index in [1.54, 1.807) is 0 Å². The molecule has 0 aliphatic heterocycles. The van der Waals surface area contributed by atoms with Crippen molar-refractivity contribution in [2.45, 2.75) is 77.7 Å². The number of rotatable bonds is 11. The van der Waals surface area contributed by atoms with Gasteiger partial charge >= 0.3 is 19.3 Å². The maximum Gasteiger partial charge on any atom is 0.504 e. The van der Waals surface area contributed by atoms with Crippen LogP contribution >= 0.6 is 9.07 Å². The molecule has 22 heavy (non-hydrogen) atoms. The molecule has 0 nitrogen and oxygen atoms in total. The Bertz CT molecular complexity index is 409. The number of hydrogen-bond acceptors (Lipinski definition) is 0. The summed E-state index contributed by atoms with van der Waals surface area (Å²) >= 11 is -0.328. The van der Waals surface area contributed by atoms with Crippen molar-refractivity contribution in [2.75, 3.05) is 0 Å². The van der Waals surface area contributed by atoms with E-state index in [1.807, 2.05) is 0 Å². The van der Waals surface area contributed by atoms with Crippen molar-refractivity contribution in [3.05, 3.63) is 46.6 Å². The van der Waals surface area contributed by atoms with Crippen LogP contribution in [0.1, 0.15) is 73.1 Å². The van der Waals surface area contributed by atoms with Gasteiger partial charge in [0.2, 0.25) is 0 Å². The van der Waals surface area contributed by atoms with Crippen LogP contribution in [0.3, 0.4) is 0 Å². The zero-order valence-corrected chi connectivity index (χ0v) is 17.5. The lowest BCUT2D eigenvalue weighted by Gasteiger charge is -2.02. The Labute approximate surface area is 152 Å². The summed E-state index contributed by atoms with van der Waals surface area (Å²) in [6.45, 7) is 11.1. The smallest absolute Gasteiger partial charge is 0.346 e. The molecule has 0 radical (unpaired) electrons. The van der Waals surface area contributed by atoms with Gasteiger partial charge < -0.3 is 9.07 Å². The molecular weight excluding hydrogens is 300 g/mol. The van der Waals surface area contributed by atoms with Gasteiger partial charge in [-0.1, -0.05) is 40.5 Å². The lowest BCUT2D eigenvalue weighted by atomic mass is 10.0. The van der Waals surface area contributed by atoms with Gasteiger partial charge in [0.1, 0.15) is 0 Å². The Morgan fingerprint density at radius 3 is 1.50 bits per heavy atom. The lowest BCUT2D eigenvalue weighted by molar-refractivity contribution is 0.899. The molecule has 0 heterocycles. The highest BCUT2D eigenvalue weighted by Crippen LogP contribution is 2.13.